The third-order valence-corrected chi connectivity index (χ3v) is 11.5. The summed E-state index contributed by atoms with van der Waals surface area (Å²) < 4.78 is 2.58. The van der Waals surface area contributed by atoms with Crippen molar-refractivity contribution in [1.29, 1.82) is 0 Å². The van der Waals surface area contributed by atoms with E-state index in [1.165, 1.54) is 47.6 Å². The van der Waals surface area contributed by atoms with Crippen LogP contribution in [0.25, 0.3) is 53.8 Å². The van der Waals surface area contributed by atoms with Gasteiger partial charge in [0.25, 0.3) is 0 Å². The summed E-state index contributed by atoms with van der Waals surface area (Å²) >= 11 is 1.84. The molecule has 48 heavy (non-hydrogen) atoms. The normalized spacial score (nSPS) is 11.6. The quantitative estimate of drug-likeness (QED) is 0.127. The fourth-order valence-corrected chi connectivity index (χ4v) is 7.93. The van der Waals surface area contributed by atoms with Gasteiger partial charge >= 0.3 is 0 Å². The smallest absolute Gasteiger partial charge is 0.0795 e. The van der Waals surface area contributed by atoms with Crippen molar-refractivity contribution in [3.05, 3.63) is 139 Å². The third-order valence-electron chi connectivity index (χ3n) is 8.34. The summed E-state index contributed by atoms with van der Waals surface area (Å²) in [6, 6.07) is 42.9. The van der Waals surface area contributed by atoms with Crippen LogP contribution in [0.2, 0.25) is 19.6 Å². The SMILES string of the molecule is C[Si](C)(C)c1ccc(-c2[c-]cccc2)nc1.Cc1cnc(-c2[c-]cc3sc4cccc(-c5ccccc5)c4c3c2)cc1CC(C)(C)C.[Ir]. The van der Waals surface area contributed by atoms with E-state index in [-0.39, 0.29) is 25.5 Å². The Kier molecular flexibility index (Phi) is 11.0. The van der Waals surface area contributed by atoms with Crippen LogP contribution in [0, 0.1) is 24.5 Å². The summed E-state index contributed by atoms with van der Waals surface area (Å²) in [6.45, 7) is 16.0. The van der Waals surface area contributed by atoms with Crippen LogP contribution in [0.5, 0.6) is 0 Å². The molecular formula is C43H42IrN2SSi-2. The summed E-state index contributed by atoms with van der Waals surface area (Å²) in [5, 5.41) is 4.01. The van der Waals surface area contributed by atoms with E-state index in [4.69, 9.17) is 4.98 Å². The first-order chi connectivity index (χ1) is 22.5. The van der Waals surface area contributed by atoms with E-state index in [9.17, 15) is 0 Å². The van der Waals surface area contributed by atoms with Gasteiger partial charge in [0.1, 0.15) is 0 Å². The van der Waals surface area contributed by atoms with Gasteiger partial charge in [0.2, 0.25) is 0 Å². The van der Waals surface area contributed by atoms with Gasteiger partial charge in [0.15, 0.2) is 0 Å². The van der Waals surface area contributed by atoms with E-state index in [1.54, 1.807) is 0 Å². The largest absolute Gasteiger partial charge is 0.305 e. The molecule has 2 nitrogen and oxygen atoms in total. The van der Waals surface area contributed by atoms with Gasteiger partial charge in [-0.15, -0.1) is 59.7 Å². The second kappa shape index (κ2) is 14.8. The van der Waals surface area contributed by atoms with Gasteiger partial charge in [-0.05, 0) is 68.2 Å². The Balaban J connectivity index is 0.000000224. The molecule has 0 atom stereocenters. The van der Waals surface area contributed by atoms with Crippen LogP contribution in [0.15, 0.2) is 116 Å². The monoisotopic (exact) mass is 839 g/mol. The number of thiophene rings is 1. The van der Waals surface area contributed by atoms with Crippen LogP contribution in [-0.2, 0) is 26.5 Å². The second-order valence-electron chi connectivity index (χ2n) is 14.5. The molecule has 245 valence electrons. The predicted octanol–water partition coefficient (Wildman–Crippen LogP) is 11.6. The number of pyridine rings is 2. The van der Waals surface area contributed by atoms with Crippen molar-refractivity contribution in [2.45, 2.75) is 53.8 Å². The average Bonchev–Trinajstić information content (AvgIpc) is 3.44. The summed E-state index contributed by atoms with van der Waals surface area (Å²) in [7, 11) is -1.23. The zero-order valence-electron chi connectivity index (χ0n) is 28.8. The van der Waals surface area contributed by atoms with E-state index >= 15 is 0 Å². The minimum Gasteiger partial charge on any atom is -0.305 e. The number of hydrogen-bond acceptors (Lipinski definition) is 3. The molecule has 0 aliphatic rings. The molecule has 4 aromatic carbocycles. The maximum Gasteiger partial charge on any atom is 0.0795 e. The Morgan fingerprint density at radius 2 is 1.48 bits per heavy atom. The van der Waals surface area contributed by atoms with Gasteiger partial charge in [0.05, 0.1) is 8.07 Å². The van der Waals surface area contributed by atoms with Gasteiger partial charge in [-0.2, -0.15) is 11.3 Å². The zero-order valence-corrected chi connectivity index (χ0v) is 33.0. The molecule has 0 saturated heterocycles. The number of rotatable bonds is 5. The Bertz CT molecular complexity index is 2130. The molecule has 0 spiro atoms. The van der Waals surface area contributed by atoms with Crippen LogP contribution in [0.1, 0.15) is 31.9 Å². The van der Waals surface area contributed by atoms with E-state index in [2.05, 4.69) is 143 Å². The van der Waals surface area contributed by atoms with Gasteiger partial charge in [-0.25, -0.2) is 0 Å². The summed E-state index contributed by atoms with van der Waals surface area (Å²) in [5.41, 5.74) is 9.53. The van der Waals surface area contributed by atoms with E-state index < -0.39 is 8.07 Å². The summed E-state index contributed by atoms with van der Waals surface area (Å²) in [4.78, 5) is 9.28. The topological polar surface area (TPSA) is 25.8 Å². The fraction of sp³-hybridized carbons (Fsp3) is 0.209. The molecule has 0 bridgehead atoms. The fourth-order valence-electron chi connectivity index (χ4n) is 5.80. The number of benzene rings is 4. The Morgan fingerprint density at radius 3 is 2.15 bits per heavy atom. The first kappa shape index (κ1) is 35.6. The van der Waals surface area contributed by atoms with Crippen molar-refractivity contribution in [1.82, 2.24) is 9.97 Å². The van der Waals surface area contributed by atoms with Crippen molar-refractivity contribution in [3.63, 3.8) is 0 Å². The van der Waals surface area contributed by atoms with Gasteiger partial charge in [-0.1, -0.05) is 112 Å². The molecule has 5 heteroatoms. The van der Waals surface area contributed by atoms with Crippen LogP contribution in [0.3, 0.4) is 0 Å². The molecule has 0 aliphatic heterocycles. The van der Waals surface area contributed by atoms with Crippen molar-refractivity contribution < 1.29 is 20.1 Å². The van der Waals surface area contributed by atoms with E-state index in [0.29, 0.717) is 0 Å². The zero-order chi connectivity index (χ0) is 33.2. The predicted molar refractivity (Wildman–Crippen MR) is 206 cm³/mol. The first-order valence-corrected chi connectivity index (χ1v) is 20.6. The Hall–Kier alpha value is -3.73. The van der Waals surface area contributed by atoms with Crippen LogP contribution < -0.4 is 5.19 Å². The molecule has 7 rings (SSSR count). The number of fused-ring (bicyclic) bond motifs is 3. The van der Waals surface area contributed by atoms with Crippen molar-refractivity contribution in [2.24, 2.45) is 5.41 Å². The van der Waals surface area contributed by atoms with Gasteiger partial charge < -0.3 is 9.97 Å². The maximum atomic E-state index is 4.76. The molecule has 0 N–H and O–H groups in total. The molecule has 3 aromatic heterocycles. The minimum absolute atomic E-state index is 0. The van der Waals surface area contributed by atoms with Crippen LogP contribution in [0.4, 0.5) is 0 Å². The first-order valence-electron chi connectivity index (χ1n) is 16.3. The molecular weight excluding hydrogens is 797 g/mol. The molecule has 0 saturated carbocycles. The molecule has 1 radical (unpaired) electrons. The van der Waals surface area contributed by atoms with Crippen LogP contribution >= 0.6 is 11.3 Å². The van der Waals surface area contributed by atoms with Gasteiger partial charge in [-0.3, -0.25) is 0 Å². The standard InChI is InChI=1S/C29H26NS.C14H16NSi.Ir/c1-19-18-30-25(16-22(19)17-29(2,3)4)21-13-14-26-24(15-21)28-23(11-8-12-27(28)31-26)20-9-6-5-7-10-20;1-16(2,3)13-9-10-14(15-11-13)12-7-5-4-6-8-12;/h5-12,14-16,18H,17H2,1-4H3;4-7,9-11H,1-3H3;/q2*-1;. The summed E-state index contributed by atoms with van der Waals surface area (Å²) in [6.07, 6.45) is 5.06. The third kappa shape index (κ3) is 8.27. The maximum absolute atomic E-state index is 4.76. The van der Waals surface area contributed by atoms with E-state index in [0.717, 1.165) is 28.9 Å². The molecule has 0 unspecified atom stereocenters. The number of nitrogens with zero attached hydrogens (tertiary/aromatic N) is 2. The molecule has 0 fully saturated rings. The van der Waals surface area contributed by atoms with Crippen molar-refractivity contribution >= 4 is 44.8 Å². The van der Waals surface area contributed by atoms with Gasteiger partial charge in [0, 0.05) is 37.2 Å². The Labute approximate surface area is 304 Å². The number of aryl methyl sites for hydroxylation is 1. The van der Waals surface area contributed by atoms with Crippen LogP contribution in [-0.4, -0.2) is 18.0 Å². The molecule has 0 amide bonds. The second-order valence-corrected chi connectivity index (χ2v) is 20.6. The molecule has 0 aliphatic carbocycles. The van der Waals surface area contributed by atoms with Crippen molar-refractivity contribution in [3.8, 4) is 33.6 Å². The average molecular weight is 839 g/mol. The molecule has 7 aromatic rings. The number of hydrogen-bond donors (Lipinski definition) is 0. The Morgan fingerprint density at radius 1 is 0.729 bits per heavy atom. The van der Waals surface area contributed by atoms with E-state index in [1.807, 2.05) is 48.0 Å². The summed E-state index contributed by atoms with van der Waals surface area (Å²) in [5.74, 6) is 0. The number of aromatic nitrogens is 2. The molecule has 3 heterocycles. The van der Waals surface area contributed by atoms with Crippen molar-refractivity contribution in [2.75, 3.05) is 0 Å². The minimum atomic E-state index is -1.23.